The molecule has 8 aromatic rings. The summed E-state index contributed by atoms with van der Waals surface area (Å²) in [6.45, 7) is 4.57. The summed E-state index contributed by atoms with van der Waals surface area (Å²) in [7, 11) is 0. The van der Waals surface area contributed by atoms with Gasteiger partial charge in [0.25, 0.3) is 0 Å². The molecule has 0 saturated heterocycles. The summed E-state index contributed by atoms with van der Waals surface area (Å²) in [4.78, 5) is 13.8. The quantitative estimate of drug-likeness (QED) is 0.167. The standard InChI is InChI=1S/C23H17N2.C19H12NS.Ir/c1-23(2)18-7-4-3-6-16(18)17-14-15(9-10-19(17)23)20-11-12-21-22(25-20)8-5-13-24-21;1-2-7-14(8-3-1)15-9-6-10-16(13-15)19-20-17-11-4-5-12-18(17)21-19;/h3-8,10-14H,1-2H3;1-9,11-13H;/q2*-1;. The number of hydrogen-bond donors (Lipinski definition) is 0. The molecule has 5 aromatic carbocycles. The summed E-state index contributed by atoms with van der Waals surface area (Å²) >= 11 is 1.71. The number of hydrogen-bond acceptors (Lipinski definition) is 4. The first-order chi connectivity index (χ1) is 22.5. The third-order valence-corrected chi connectivity index (χ3v) is 9.75. The zero-order valence-electron chi connectivity index (χ0n) is 25.9. The Kier molecular flexibility index (Phi) is 8.38. The molecule has 5 heteroatoms. The smallest absolute Gasteiger partial charge is 0.0869 e. The maximum Gasteiger partial charge on any atom is 0.0869 e. The molecule has 3 nitrogen and oxygen atoms in total. The maximum absolute atomic E-state index is 4.77. The van der Waals surface area contributed by atoms with E-state index in [0.717, 1.165) is 38.4 Å². The van der Waals surface area contributed by atoms with Crippen molar-refractivity contribution >= 4 is 32.6 Å². The van der Waals surface area contributed by atoms with Crippen LogP contribution in [0.4, 0.5) is 0 Å². The van der Waals surface area contributed by atoms with Crippen molar-refractivity contribution in [3.63, 3.8) is 0 Å². The molecule has 0 bridgehead atoms. The van der Waals surface area contributed by atoms with E-state index < -0.39 is 0 Å². The van der Waals surface area contributed by atoms with Gasteiger partial charge in [-0.25, -0.2) is 0 Å². The molecule has 1 radical (unpaired) electrons. The van der Waals surface area contributed by atoms with Gasteiger partial charge < -0.3 is 0 Å². The second kappa shape index (κ2) is 12.8. The minimum Gasteiger partial charge on any atom is -0.295 e. The third kappa shape index (κ3) is 5.83. The molecule has 0 unspecified atom stereocenters. The van der Waals surface area contributed by atoms with E-state index in [1.54, 1.807) is 17.5 Å². The van der Waals surface area contributed by atoms with E-state index in [0.29, 0.717) is 0 Å². The first-order valence-corrected chi connectivity index (χ1v) is 16.2. The molecule has 0 N–H and O–H groups in total. The molecular weight excluding hydrogens is 771 g/mol. The van der Waals surface area contributed by atoms with E-state index in [4.69, 9.17) is 9.97 Å². The summed E-state index contributed by atoms with van der Waals surface area (Å²) in [5, 5.41) is 1.02. The van der Waals surface area contributed by atoms with Crippen LogP contribution in [0, 0.1) is 12.1 Å². The average Bonchev–Trinajstić information content (AvgIpc) is 3.65. The minimum absolute atomic E-state index is 0. The van der Waals surface area contributed by atoms with Gasteiger partial charge in [-0.3, -0.25) is 15.0 Å². The number of nitrogens with zero attached hydrogens (tertiary/aromatic N) is 3. The van der Waals surface area contributed by atoms with Gasteiger partial charge >= 0.3 is 0 Å². The summed E-state index contributed by atoms with van der Waals surface area (Å²) < 4.78 is 1.21. The van der Waals surface area contributed by atoms with Crippen LogP contribution >= 0.6 is 11.3 Å². The number of para-hydroxylation sites is 1. The molecule has 0 amide bonds. The molecule has 47 heavy (non-hydrogen) atoms. The average molecular weight is 800 g/mol. The van der Waals surface area contributed by atoms with Gasteiger partial charge in [-0.2, -0.15) is 11.3 Å². The fourth-order valence-electron chi connectivity index (χ4n) is 6.28. The zero-order chi connectivity index (χ0) is 31.1. The first-order valence-electron chi connectivity index (χ1n) is 15.4. The fourth-order valence-corrected chi connectivity index (χ4v) is 7.23. The Morgan fingerprint density at radius 2 is 1.38 bits per heavy atom. The van der Waals surface area contributed by atoms with Crippen molar-refractivity contribution in [2.24, 2.45) is 0 Å². The van der Waals surface area contributed by atoms with Crippen LogP contribution in [-0.4, -0.2) is 15.0 Å². The van der Waals surface area contributed by atoms with Crippen molar-refractivity contribution in [2.75, 3.05) is 0 Å². The minimum atomic E-state index is 0. The van der Waals surface area contributed by atoms with Gasteiger partial charge in [-0.05, 0) is 58.1 Å². The Labute approximate surface area is 292 Å². The van der Waals surface area contributed by atoms with Crippen molar-refractivity contribution in [3.8, 4) is 44.1 Å². The summed E-state index contributed by atoms with van der Waals surface area (Å²) in [6, 6.07) is 52.6. The predicted octanol–water partition coefficient (Wildman–Crippen LogP) is 10.8. The Hall–Kier alpha value is -4.80. The first kappa shape index (κ1) is 30.8. The van der Waals surface area contributed by atoms with Crippen LogP contribution in [0.5, 0.6) is 0 Å². The fraction of sp³-hybridized carbons (Fsp3) is 0.0714. The molecule has 0 spiro atoms. The van der Waals surface area contributed by atoms with E-state index in [9.17, 15) is 0 Å². The van der Waals surface area contributed by atoms with Crippen molar-refractivity contribution in [2.45, 2.75) is 19.3 Å². The van der Waals surface area contributed by atoms with Crippen molar-refractivity contribution in [3.05, 3.63) is 163 Å². The van der Waals surface area contributed by atoms with Crippen LogP contribution < -0.4 is 0 Å². The molecule has 0 aliphatic heterocycles. The van der Waals surface area contributed by atoms with Crippen LogP contribution in [0.25, 0.3) is 65.3 Å². The molecule has 3 aromatic heterocycles. The second-order valence-corrected chi connectivity index (χ2v) is 13.0. The number of fused-ring (bicyclic) bond motifs is 5. The molecule has 229 valence electrons. The monoisotopic (exact) mass is 800 g/mol. The van der Waals surface area contributed by atoms with Crippen molar-refractivity contribution < 1.29 is 20.1 Å². The Bertz CT molecular complexity index is 2330. The van der Waals surface area contributed by atoms with E-state index in [1.165, 1.54) is 38.1 Å². The van der Waals surface area contributed by atoms with Gasteiger partial charge in [0.05, 0.1) is 16.6 Å². The van der Waals surface area contributed by atoms with Crippen LogP contribution in [-0.2, 0) is 25.5 Å². The molecule has 1 aliphatic rings. The third-order valence-electron chi connectivity index (χ3n) is 8.68. The molecule has 9 rings (SSSR count). The normalized spacial score (nSPS) is 12.5. The number of rotatable bonds is 3. The summed E-state index contributed by atoms with van der Waals surface area (Å²) in [5.74, 6) is 0. The van der Waals surface area contributed by atoms with Gasteiger partial charge in [0.2, 0.25) is 0 Å². The Morgan fingerprint density at radius 1 is 0.596 bits per heavy atom. The molecule has 3 heterocycles. The van der Waals surface area contributed by atoms with Crippen molar-refractivity contribution in [1.82, 2.24) is 15.0 Å². The van der Waals surface area contributed by atoms with Gasteiger partial charge in [0, 0.05) is 36.0 Å². The van der Waals surface area contributed by atoms with E-state index in [2.05, 4.69) is 116 Å². The topological polar surface area (TPSA) is 38.7 Å². The van der Waals surface area contributed by atoms with Crippen LogP contribution in [0.15, 0.2) is 140 Å². The SMILES string of the molecule is CC1(C)c2c[c-]c(-c3ccc4ncccc4n3)cc2-c2ccccc21.[Ir].[c-]1ccc(-c2ccccc2)cc1-c1nc2ccccc2s1. The molecular formula is C42H29IrN3S-2. The Morgan fingerprint density at radius 3 is 2.26 bits per heavy atom. The molecule has 0 fully saturated rings. The van der Waals surface area contributed by atoms with Gasteiger partial charge in [0.15, 0.2) is 0 Å². The predicted molar refractivity (Wildman–Crippen MR) is 191 cm³/mol. The van der Waals surface area contributed by atoms with Crippen LogP contribution in [0.1, 0.15) is 25.0 Å². The summed E-state index contributed by atoms with van der Waals surface area (Å²) in [6.07, 6.45) is 1.80. The Balaban J connectivity index is 0.000000148. The largest absolute Gasteiger partial charge is 0.295 e. The summed E-state index contributed by atoms with van der Waals surface area (Å²) in [5.41, 5.74) is 13.7. The van der Waals surface area contributed by atoms with E-state index in [-0.39, 0.29) is 25.5 Å². The number of pyridine rings is 2. The molecule has 1 aliphatic carbocycles. The van der Waals surface area contributed by atoms with Gasteiger partial charge in [0.1, 0.15) is 0 Å². The maximum atomic E-state index is 4.77. The molecule has 0 atom stereocenters. The zero-order valence-corrected chi connectivity index (χ0v) is 29.1. The van der Waals surface area contributed by atoms with Crippen LogP contribution in [0.2, 0.25) is 0 Å². The van der Waals surface area contributed by atoms with E-state index >= 15 is 0 Å². The second-order valence-electron chi connectivity index (χ2n) is 11.9. The van der Waals surface area contributed by atoms with Crippen molar-refractivity contribution in [1.29, 1.82) is 0 Å². The number of thiazole rings is 1. The number of aromatic nitrogens is 3. The van der Waals surface area contributed by atoms with Crippen LogP contribution in [0.3, 0.4) is 0 Å². The van der Waals surface area contributed by atoms with E-state index in [1.807, 2.05) is 48.5 Å². The number of benzene rings is 5. The van der Waals surface area contributed by atoms with Gasteiger partial charge in [-0.15, -0.1) is 64.7 Å². The van der Waals surface area contributed by atoms with Gasteiger partial charge in [-0.1, -0.05) is 92.2 Å². The molecule has 0 saturated carbocycles.